The Balaban J connectivity index is 2.02. The summed E-state index contributed by atoms with van der Waals surface area (Å²) in [5.74, 6) is -0.887. The highest BCUT2D eigenvalue weighted by Gasteiger charge is 2.58. The molecular formula is C9H10N4O6. The molecule has 2 bridgehead atoms. The van der Waals surface area contributed by atoms with E-state index in [1.54, 1.807) is 0 Å². The highest BCUT2D eigenvalue weighted by Crippen LogP contribution is 2.31. The number of nitrogens with one attached hydrogen (secondary N) is 1. The van der Waals surface area contributed by atoms with E-state index in [4.69, 9.17) is 15.0 Å². The molecule has 4 unspecified atom stereocenters. The molecule has 3 heterocycles. The van der Waals surface area contributed by atoms with Crippen LogP contribution >= 0.6 is 0 Å². The molecule has 0 spiro atoms. The fourth-order valence-corrected chi connectivity index (χ4v) is 2.36. The lowest BCUT2D eigenvalue weighted by molar-refractivity contribution is -0.135. The first-order chi connectivity index (χ1) is 9.04. The Morgan fingerprint density at radius 3 is 2.79 bits per heavy atom. The van der Waals surface area contributed by atoms with Gasteiger partial charge in [-0.1, -0.05) is 0 Å². The van der Waals surface area contributed by atoms with Crippen molar-refractivity contribution in [3.63, 3.8) is 0 Å². The molecule has 0 aromatic rings. The van der Waals surface area contributed by atoms with Crippen LogP contribution in [-0.4, -0.2) is 74.9 Å². The van der Waals surface area contributed by atoms with Crippen LogP contribution in [-0.2, 0) is 14.3 Å². The Hall–Kier alpha value is -1.84. The monoisotopic (exact) mass is 270 g/mol. The second kappa shape index (κ2) is 4.08. The Morgan fingerprint density at radius 1 is 1.37 bits per heavy atom. The molecule has 3 aliphatic heterocycles. The third kappa shape index (κ3) is 1.59. The van der Waals surface area contributed by atoms with Gasteiger partial charge in [0.1, 0.15) is 18.3 Å². The minimum absolute atomic E-state index is 0.157. The summed E-state index contributed by atoms with van der Waals surface area (Å²) in [7, 11) is 0. The molecule has 19 heavy (non-hydrogen) atoms. The van der Waals surface area contributed by atoms with Crippen molar-refractivity contribution in [1.29, 1.82) is 0 Å². The van der Waals surface area contributed by atoms with Gasteiger partial charge in [0.15, 0.2) is 6.23 Å². The fourth-order valence-electron chi connectivity index (χ4n) is 2.36. The van der Waals surface area contributed by atoms with Crippen LogP contribution < -0.4 is 5.32 Å². The van der Waals surface area contributed by atoms with Crippen LogP contribution in [0.4, 0.5) is 4.79 Å². The van der Waals surface area contributed by atoms with Crippen molar-refractivity contribution < 1.29 is 34.1 Å². The Kier molecular flexibility index (Phi) is 2.62. The van der Waals surface area contributed by atoms with Crippen LogP contribution in [0.2, 0.25) is 0 Å². The zero-order chi connectivity index (χ0) is 13.7. The van der Waals surface area contributed by atoms with Crippen molar-refractivity contribution in [3.05, 3.63) is 5.53 Å². The molecular weight excluding hydrogens is 260 g/mol. The maximum absolute atomic E-state index is 11.8. The Morgan fingerprint density at radius 2 is 2.11 bits per heavy atom. The number of carbonyl (C=O) groups excluding carboxylic acids is 2. The lowest BCUT2D eigenvalue weighted by Crippen LogP contribution is -2.66. The molecule has 0 aromatic carbocycles. The lowest BCUT2D eigenvalue weighted by atomic mass is 10.1. The first kappa shape index (κ1) is 12.2. The van der Waals surface area contributed by atoms with Crippen molar-refractivity contribution in [3.8, 4) is 0 Å². The minimum atomic E-state index is -1.34. The van der Waals surface area contributed by atoms with E-state index in [2.05, 4.69) is 4.79 Å². The van der Waals surface area contributed by atoms with Gasteiger partial charge in [0.25, 0.3) is 0 Å². The summed E-state index contributed by atoms with van der Waals surface area (Å²) < 4.78 is 10.6. The highest BCUT2D eigenvalue weighted by molar-refractivity contribution is 6.42. The SMILES string of the molecule is [N-]=[N+]=C1C(=O)NC(=O)N2C3OC(CO[C@@H]12)C(O)C3O. The first-order valence-corrected chi connectivity index (χ1v) is 5.53. The standard InChI is InChI=1S/C9H10N4O6/c10-12-3-6(16)11-9(17)13-7(3)18-1-2-4(14)5(15)8(13)19-2/h2,4-5,7-8,14-15H,1H2,(H,11,16,17)/t2?,4?,5?,7-,8?/m0/s1. The van der Waals surface area contributed by atoms with Crippen molar-refractivity contribution >= 4 is 17.6 Å². The van der Waals surface area contributed by atoms with E-state index in [-0.39, 0.29) is 6.61 Å². The van der Waals surface area contributed by atoms with E-state index in [9.17, 15) is 19.8 Å². The van der Waals surface area contributed by atoms with E-state index in [0.717, 1.165) is 4.90 Å². The number of amides is 3. The van der Waals surface area contributed by atoms with E-state index < -0.39 is 48.4 Å². The van der Waals surface area contributed by atoms with E-state index in [1.165, 1.54) is 0 Å². The van der Waals surface area contributed by atoms with Gasteiger partial charge in [-0.05, 0) is 0 Å². The van der Waals surface area contributed by atoms with Gasteiger partial charge in [0, 0.05) is 0 Å². The molecule has 0 aliphatic carbocycles. The van der Waals surface area contributed by atoms with E-state index in [1.807, 2.05) is 5.32 Å². The van der Waals surface area contributed by atoms with Gasteiger partial charge in [-0.25, -0.2) is 4.79 Å². The molecule has 3 rings (SSSR count). The molecule has 0 radical (unpaired) electrons. The van der Waals surface area contributed by atoms with Gasteiger partial charge in [0.2, 0.25) is 6.23 Å². The van der Waals surface area contributed by atoms with Crippen LogP contribution in [0.15, 0.2) is 0 Å². The van der Waals surface area contributed by atoms with Gasteiger partial charge in [0.05, 0.1) is 6.61 Å². The minimum Gasteiger partial charge on any atom is -0.387 e. The average Bonchev–Trinajstić information content (AvgIpc) is 2.56. The number of ether oxygens (including phenoxy) is 2. The number of carbonyl (C=O) groups is 2. The first-order valence-electron chi connectivity index (χ1n) is 5.53. The Labute approximate surface area is 106 Å². The second-order valence-corrected chi connectivity index (χ2v) is 4.38. The van der Waals surface area contributed by atoms with Crippen LogP contribution in [0.25, 0.3) is 5.53 Å². The molecule has 10 nitrogen and oxygen atoms in total. The van der Waals surface area contributed by atoms with Gasteiger partial charge in [-0.2, -0.15) is 4.79 Å². The smallest absolute Gasteiger partial charge is 0.387 e. The number of urea groups is 1. The van der Waals surface area contributed by atoms with Crippen LogP contribution in [0.3, 0.4) is 0 Å². The van der Waals surface area contributed by atoms with Gasteiger partial charge in [-0.3, -0.25) is 15.0 Å². The van der Waals surface area contributed by atoms with Crippen LogP contribution in [0.1, 0.15) is 0 Å². The molecule has 3 saturated heterocycles. The third-order valence-electron chi connectivity index (χ3n) is 3.31. The maximum atomic E-state index is 11.8. The van der Waals surface area contributed by atoms with Crippen molar-refractivity contribution in [2.75, 3.05) is 6.61 Å². The molecule has 3 amide bonds. The second-order valence-electron chi connectivity index (χ2n) is 4.38. The third-order valence-corrected chi connectivity index (χ3v) is 3.31. The van der Waals surface area contributed by atoms with Gasteiger partial charge >= 0.3 is 17.6 Å². The summed E-state index contributed by atoms with van der Waals surface area (Å²) in [4.78, 5) is 27.0. The fraction of sp³-hybridized carbons (Fsp3) is 0.667. The zero-order valence-corrected chi connectivity index (χ0v) is 9.46. The topological polar surface area (TPSA) is 145 Å². The van der Waals surface area contributed by atoms with E-state index in [0.29, 0.717) is 0 Å². The molecule has 102 valence electrons. The van der Waals surface area contributed by atoms with Crippen molar-refractivity contribution in [1.82, 2.24) is 10.2 Å². The van der Waals surface area contributed by atoms with Gasteiger partial charge in [-0.15, -0.1) is 0 Å². The predicted molar refractivity (Wildman–Crippen MR) is 54.4 cm³/mol. The number of rotatable bonds is 0. The summed E-state index contributed by atoms with van der Waals surface area (Å²) in [6.45, 7) is -0.157. The summed E-state index contributed by atoms with van der Waals surface area (Å²) in [6.07, 6.45) is -5.81. The number of imide groups is 1. The normalized spacial score (nSPS) is 41.5. The number of hydrogen-bond acceptors (Lipinski definition) is 6. The highest BCUT2D eigenvalue weighted by atomic mass is 16.6. The predicted octanol–water partition coefficient (Wildman–Crippen LogP) is -2.99. The van der Waals surface area contributed by atoms with Crippen molar-refractivity contribution in [2.45, 2.75) is 30.8 Å². The lowest BCUT2D eigenvalue weighted by Gasteiger charge is -2.35. The number of hydrogen-bond donors (Lipinski definition) is 3. The molecule has 3 N–H and O–H groups in total. The maximum Gasteiger partial charge on any atom is 0.405 e. The van der Waals surface area contributed by atoms with Crippen molar-refractivity contribution in [2.24, 2.45) is 0 Å². The molecule has 0 saturated carbocycles. The van der Waals surface area contributed by atoms with Crippen LogP contribution in [0.5, 0.6) is 0 Å². The average molecular weight is 270 g/mol. The summed E-state index contributed by atoms with van der Waals surface area (Å²) in [5.41, 5.74) is 8.40. The summed E-state index contributed by atoms with van der Waals surface area (Å²) in [5, 5.41) is 21.4. The molecule has 5 atom stereocenters. The van der Waals surface area contributed by atoms with Gasteiger partial charge < -0.3 is 25.2 Å². The molecule has 3 aliphatic rings. The Bertz CT molecular complexity index is 503. The summed E-state index contributed by atoms with van der Waals surface area (Å²) in [6, 6.07) is -0.860. The van der Waals surface area contributed by atoms with E-state index >= 15 is 0 Å². The quantitative estimate of drug-likeness (QED) is 0.316. The number of fused-ring (bicyclic) bond motifs is 4. The molecule has 3 fully saturated rings. The number of aliphatic hydroxyl groups excluding tert-OH is 2. The molecule has 10 heteroatoms. The number of aliphatic hydroxyl groups is 2. The summed E-state index contributed by atoms with van der Waals surface area (Å²) >= 11 is 0. The largest absolute Gasteiger partial charge is 0.405 e. The zero-order valence-electron chi connectivity index (χ0n) is 9.46. The number of nitrogens with zero attached hydrogens (tertiary/aromatic N) is 3. The molecule has 0 aromatic heterocycles. The van der Waals surface area contributed by atoms with Crippen LogP contribution in [0, 0.1) is 0 Å².